The lowest BCUT2D eigenvalue weighted by atomic mass is 10.1. The molecule has 0 radical (unpaired) electrons. The van der Waals surface area contributed by atoms with Gasteiger partial charge in [0.2, 0.25) is 6.41 Å². The second-order valence-corrected chi connectivity index (χ2v) is 5.76. The molecule has 0 spiro atoms. The van der Waals surface area contributed by atoms with Crippen LogP contribution in [0.15, 0.2) is 65.6 Å². The first-order valence-electron chi connectivity index (χ1n) is 6.75. The Morgan fingerprint density at radius 1 is 1.05 bits per heavy atom. The number of carbonyl (C=O) groups is 1. The Balaban J connectivity index is 1.88. The molecule has 0 aliphatic carbocycles. The van der Waals surface area contributed by atoms with Gasteiger partial charge in [-0.05, 0) is 24.6 Å². The maximum absolute atomic E-state index is 11.3. The topological polar surface area (TPSA) is 20.3 Å². The van der Waals surface area contributed by atoms with E-state index in [9.17, 15) is 4.79 Å². The maximum Gasteiger partial charge on any atom is 0.210 e. The standard InChI is InChI=1S/C17H19NOS/c1-15(16-8-4-2-5-9-16)18(14-19)12-13-20-17-10-6-3-7-11-17/h2-11,14-15H,12-13H2,1H3/t15-/m0/s1. The molecule has 0 unspecified atom stereocenters. The lowest BCUT2D eigenvalue weighted by Crippen LogP contribution is -2.27. The van der Waals surface area contributed by atoms with Crippen molar-refractivity contribution < 1.29 is 4.79 Å². The average molecular weight is 285 g/mol. The summed E-state index contributed by atoms with van der Waals surface area (Å²) in [6.07, 6.45) is 0.948. The van der Waals surface area contributed by atoms with Crippen LogP contribution in [0.2, 0.25) is 0 Å². The molecule has 1 atom stereocenters. The molecule has 2 nitrogen and oxygen atoms in total. The molecule has 20 heavy (non-hydrogen) atoms. The molecular formula is C17H19NOS. The van der Waals surface area contributed by atoms with Crippen molar-refractivity contribution in [3.05, 3.63) is 66.2 Å². The van der Waals surface area contributed by atoms with Crippen molar-refractivity contribution >= 4 is 18.2 Å². The van der Waals surface area contributed by atoms with Crippen LogP contribution in [0.5, 0.6) is 0 Å². The van der Waals surface area contributed by atoms with E-state index in [0.717, 1.165) is 18.7 Å². The van der Waals surface area contributed by atoms with Crippen LogP contribution in [-0.2, 0) is 4.79 Å². The van der Waals surface area contributed by atoms with Gasteiger partial charge in [0.15, 0.2) is 0 Å². The first-order chi connectivity index (χ1) is 9.81. The second kappa shape index (κ2) is 7.75. The number of hydrogen-bond donors (Lipinski definition) is 0. The average Bonchev–Trinajstić information content (AvgIpc) is 2.53. The molecule has 0 N–H and O–H groups in total. The quantitative estimate of drug-likeness (QED) is 0.566. The van der Waals surface area contributed by atoms with Gasteiger partial charge < -0.3 is 4.90 Å². The van der Waals surface area contributed by atoms with Crippen LogP contribution in [0.25, 0.3) is 0 Å². The van der Waals surface area contributed by atoms with Gasteiger partial charge in [0, 0.05) is 17.2 Å². The molecule has 0 bridgehead atoms. The van der Waals surface area contributed by atoms with E-state index in [-0.39, 0.29) is 6.04 Å². The monoisotopic (exact) mass is 285 g/mol. The summed E-state index contributed by atoms with van der Waals surface area (Å²) >= 11 is 1.78. The Morgan fingerprint density at radius 3 is 2.25 bits per heavy atom. The molecule has 2 aromatic rings. The van der Waals surface area contributed by atoms with Crippen molar-refractivity contribution in [2.24, 2.45) is 0 Å². The van der Waals surface area contributed by atoms with Gasteiger partial charge in [0.1, 0.15) is 0 Å². The first-order valence-corrected chi connectivity index (χ1v) is 7.73. The van der Waals surface area contributed by atoms with E-state index in [1.165, 1.54) is 10.5 Å². The molecule has 0 aliphatic rings. The van der Waals surface area contributed by atoms with E-state index in [4.69, 9.17) is 0 Å². The summed E-state index contributed by atoms with van der Waals surface area (Å²) in [6.45, 7) is 2.82. The number of nitrogens with zero attached hydrogens (tertiary/aromatic N) is 1. The SMILES string of the molecule is C[C@@H](c1ccccc1)N(C=O)CCSc1ccccc1. The van der Waals surface area contributed by atoms with E-state index in [2.05, 4.69) is 31.2 Å². The maximum atomic E-state index is 11.3. The van der Waals surface area contributed by atoms with Crippen LogP contribution in [0, 0.1) is 0 Å². The fourth-order valence-corrected chi connectivity index (χ4v) is 2.93. The highest BCUT2D eigenvalue weighted by atomic mass is 32.2. The zero-order valence-corrected chi connectivity index (χ0v) is 12.4. The molecular weight excluding hydrogens is 266 g/mol. The molecule has 1 amide bonds. The van der Waals surface area contributed by atoms with Crippen molar-refractivity contribution in [1.29, 1.82) is 0 Å². The lowest BCUT2D eigenvalue weighted by Gasteiger charge is -2.25. The van der Waals surface area contributed by atoms with Crippen molar-refractivity contribution in [3.63, 3.8) is 0 Å². The molecule has 3 heteroatoms. The highest BCUT2D eigenvalue weighted by molar-refractivity contribution is 7.99. The van der Waals surface area contributed by atoms with Gasteiger partial charge >= 0.3 is 0 Å². The molecule has 0 saturated heterocycles. The predicted molar refractivity (Wildman–Crippen MR) is 84.8 cm³/mol. The Morgan fingerprint density at radius 2 is 1.65 bits per heavy atom. The number of benzene rings is 2. The predicted octanol–water partition coefficient (Wildman–Crippen LogP) is 4.00. The van der Waals surface area contributed by atoms with Crippen molar-refractivity contribution in [3.8, 4) is 0 Å². The largest absolute Gasteiger partial charge is 0.338 e. The third-order valence-corrected chi connectivity index (χ3v) is 4.27. The minimum atomic E-state index is 0.116. The van der Waals surface area contributed by atoms with Gasteiger partial charge in [0.05, 0.1) is 6.04 Å². The Bertz CT molecular complexity index is 515. The first kappa shape index (κ1) is 14.7. The van der Waals surface area contributed by atoms with Crippen molar-refractivity contribution in [2.75, 3.05) is 12.3 Å². The van der Waals surface area contributed by atoms with Crippen LogP contribution in [0.4, 0.5) is 0 Å². The lowest BCUT2D eigenvalue weighted by molar-refractivity contribution is -0.119. The minimum absolute atomic E-state index is 0.116. The summed E-state index contributed by atoms with van der Waals surface area (Å²) in [6, 6.07) is 20.5. The van der Waals surface area contributed by atoms with Gasteiger partial charge in [0.25, 0.3) is 0 Å². The van der Waals surface area contributed by atoms with Crippen LogP contribution >= 0.6 is 11.8 Å². The number of hydrogen-bond acceptors (Lipinski definition) is 2. The van der Waals surface area contributed by atoms with Crippen molar-refractivity contribution in [1.82, 2.24) is 4.90 Å². The number of thioether (sulfide) groups is 1. The molecule has 2 aromatic carbocycles. The summed E-state index contributed by atoms with van der Waals surface area (Å²) in [7, 11) is 0. The number of amides is 1. The minimum Gasteiger partial charge on any atom is -0.338 e. The van der Waals surface area contributed by atoms with Gasteiger partial charge in [-0.15, -0.1) is 11.8 Å². The van der Waals surface area contributed by atoms with Gasteiger partial charge in [-0.1, -0.05) is 48.5 Å². The van der Waals surface area contributed by atoms with Gasteiger partial charge in [-0.3, -0.25) is 4.79 Å². The Hall–Kier alpha value is -1.74. The number of rotatable bonds is 7. The fourth-order valence-electron chi connectivity index (χ4n) is 2.05. The molecule has 0 fully saturated rings. The Labute approximate surface area is 124 Å². The van der Waals surface area contributed by atoms with Crippen LogP contribution in [-0.4, -0.2) is 23.6 Å². The van der Waals surface area contributed by atoms with Gasteiger partial charge in [-0.25, -0.2) is 0 Å². The summed E-state index contributed by atoms with van der Waals surface area (Å²) in [5.41, 5.74) is 1.17. The molecule has 0 aromatic heterocycles. The summed E-state index contributed by atoms with van der Waals surface area (Å²) in [4.78, 5) is 14.4. The molecule has 2 rings (SSSR count). The normalized spacial score (nSPS) is 11.8. The third-order valence-electron chi connectivity index (χ3n) is 3.28. The molecule has 104 valence electrons. The van der Waals surface area contributed by atoms with Gasteiger partial charge in [-0.2, -0.15) is 0 Å². The van der Waals surface area contributed by atoms with Crippen LogP contribution in [0.3, 0.4) is 0 Å². The zero-order chi connectivity index (χ0) is 14.2. The second-order valence-electron chi connectivity index (χ2n) is 4.59. The molecule has 0 aliphatic heterocycles. The zero-order valence-electron chi connectivity index (χ0n) is 11.6. The van der Waals surface area contributed by atoms with Crippen LogP contribution in [0.1, 0.15) is 18.5 Å². The highest BCUT2D eigenvalue weighted by Gasteiger charge is 2.13. The smallest absolute Gasteiger partial charge is 0.210 e. The van der Waals surface area contributed by atoms with E-state index in [0.29, 0.717) is 0 Å². The van der Waals surface area contributed by atoms with E-state index in [1.807, 2.05) is 41.3 Å². The summed E-state index contributed by atoms with van der Waals surface area (Å²) in [5, 5.41) is 0. The summed E-state index contributed by atoms with van der Waals surface area (Å²) < 4.78 is 0. The van der Waals surface area contributed by atoms with E-state index in [1.54, 1.807) is 11.8 Å². The highest BCUT2D eigenvalue weighted by Crippen LogP contribution is 2.21. The molecule has 0 saturated carbocycles. The van der Waals surface area contributed by atoms with Crippen LogP contribution < -0.4 is 0 Å². The van der Waals surface area contributed by atoms with E-state index < -0.39 is 0 Å². The number of carbonyl (C=O) groups excluding carboxylic acids is 1. The van der Waals surface area contributed by atoms with Crippen molar-refractivity contribution in [2.45, 2.75) is 17.9 Å². The third kappa shape index (κ3) is 4.14. The Kier molecular flexibility index (Phi) is 5.69. The van der Waals surface area contributed by atoms with E-state index >= 15 is 0 Å². The fraction of sp³-hybridized carbons (Fsp3) is 0.235. The molecule has 0 heterocycles. The summed E-state index contributed by atoms with van der Waals surface area (Å²) in [5.74, 6) is 0.903.